The van der Waals surface area contributed by atoms with Gasteiger partial charge < -0.3 is 29.5 Å². The van der Waals surface area contributed by atoms with E-state index < -0.39 is 18.0 Å². The molecule has 162 valence electrons. The third-order valence-corrected chi connectivity index (χ3v) is 5.32. The first-order valence-corrected chi connectivity index (χ1v) is 9.87. The normalized spacial score (nSPS) is 19.1. The Bertz CT molecular complexity index is 723. The van der Waals surface area contributed by atoms with Crippen molar-refractivity contribution in [3.8, 4) is 11.5 Å². The van der Waals surface area contributed by atoms with Crippen LogP contribution in [-0.4, -0.2) is 73.0 Å². The van der Waals surface area contributed by atoms with Gasteiger partial charge in [-0.25, -0.2) is 4.79 Å². The number of anilines is 1. The lowest BCUT2D eigenvalue weighted by molar-refractivity contribution is -0.158. The van der Waals surface area contributed by atoms with E-state index in [0.29, 0.717) is 37.6 Å². The molecule has 29 heavy (non-hydrogen) atoms. The molecule has 0 spiro atoms. The molecule has 0 aromatic heterocycles. The van der Waals surface area contributed by atoms with Crippen LogP contribution in [0.4, 0.5) is 5.69 Å². The zero-order valence-corrected chi connectivity index (χ0v) is 17.8. The van der Waals surface area contributed by atoms with Crippen molar-refractivity contribution in [1.29, 1.82) is 0 Å². The van der Waals surface area contributed by atoms with Gasteiger partial charge in [0, 0.05) is 37.4 Å². The molecule has 1 heterocycles. The second kappa shape index (κ2) is 9.82. The van der Waals surface area contributed by atoms with Crippen LogP contribution in [0.15, 0.2) is 18.2 Å². The number of nitrogens with zero attached hydrogens (tertiary/aromatic N) is 2. The first-order chi connectivity index (χ1) is 13.7. The number of methoxy groups -OCH3 is 2. The second-order valence-electron chi connectivity index (χ2n) is 7.89. The summed E-state index contributed by atoms with van der Waals surface area (Å²) in [6.07, 6.45) is -1.37. The van der Waals surface area contributed by atoms with Crippen LogP contribution in [0.3, 0.4) is 0 Å². The molecule has 2 rings (SSSR count). The smallest absolute Gasteiger partial charge is 0.333 e. The number of hydrogen-bond donors (Lipinski definition) is 2. The molecule has 3 atom stereocenters. The molecule has 1 fully saturated rings. The van der Waals surface area contributed by atoms with Crippen molar-refractivity contribution in [2.24, 2.45) is 11.8 Å². The van der Waals surface area contributed by atoms with Gasteiger partial charge in [-0.3, -0.25) is 4.79 Å². The Morgan fingerprint density at radius 2 is 1.83 bits per heavy atom. The summed E-state index contributed by atoms with van der Waals surface area (Å²) in [6.45, 7) is 7.40. The van der Waals surface area contributed by atoms with Gasteiger partial charge in [0.25, 0.3) is 0 Å². The minimum Gasteiger partial charge on any atom is -0.493 e. The monoisotopic (exact) mass is 408 g/mol. The van der Waals surface area contributed by atoms with Gasteiger partial charge in [-0.2, -0.15) is 0 Å². The topological polar surface area (TPSA) is 99.5 Å². The Labute approximate surface area is 172 Å². The van der Waals surface area contributed by atoms with Gasteiger partial charge in [0.2, 0.25) is 5.91 Å². The number of benzene rings is 1. The van der Waals surface area contributed by atoms with Gasteiger partial charge in [0.05, 0.1) is 20.1 Å². The molecule has 0 saturated carbocycles. The number of carboxylic acids is 1. The summed E-state index contributed by atoms with van der Waals surface area (Å²) < 4.78 is 10.7. The molecule has 0 unspecified atom stereocenters. The Kier molecular flexibility index (Phi) is 7.73. The largest absolute Gasteiger partial charge is 0.493 e. The van der Waals surface area contributed by atoms with Gasteiger partial charge in [-0.15, -0.1) is 0 Å². The number of hydrogen-bond acceptors (Lipinski definition) is 6. The molecule has 1 aliphatic heterocycles. The van der Waals surface area contributed by atoms with E-state index in [1.807, 2.05) is 39.0 Å². The summed E-state index contributed by atoms with van der Waals surface area (Å²) in [5, 5.41) is 19.3. The average Bonchev–Trinajstić information content (AvgIpc) is 2.70. The molecule has 0 aliphatic carbocycles. The molecule has 1 aromatic rings. The van der Waals surface area contributed by atoms with E-state index in [9.17, 15) is 19.8 Å². The SMILES string of the molecule is COc1ccc(N2CCN(C(=O)[C@@H](CC(C)C)[C@H](O)C(=O)O)[C@H](C)C2)cc1OC. The molecule has 8 heteroatoms. The van der Waals surface area contributed by atoms with Crippen molar-refractivity contribution >= 4 is 17.6 Å². The molecule has 0 bridgehead atoms. The van der Waals surface area contributed by atoms with E-state index in [-0.39, 0.29) is 17.9 Å². The number of amides is 1. The Hall–Kier alpha value is -2.48. The van der Waals surface area contributed by atoms with Gasteiger partial charge in [-0.1, -0.05) is 13.8 Å². The minimum atomic E-state index is -1.69. The second-order valence-corrected chi connectivity index (χ2v) is 7.89. The van der Waals surface area contributed by atoms with Crippen molar-refractivity contribution in [3.05, 3.63) is 18.2 Å². The Morgan fingerprint density at radius 1 is 1.17 bits per heavy atom. The highest BCUT2D eigenvalue weighted by Gasteiger charge is 2.38. The number of aliphatic carboxylic acids is 1. The van der Waals surface area contributed by atoms with Crippen molar-refractivity contribution in [1.82, 2.24) is 4.90 Å². The number of rotatable bonds is 8. The van der Waals surface area contributed by atoms with Gasteiger partial charge in [0.15, 0.2) is 17.6 Å². The van der Waals surface area contributed by atoms with Gasteiger partial charge in [-0.05, 0) is 31.4 Å². The first-order valence-electron chi connectivity index (χ1n) is 9.87. The van der Waals surface area contributed by atoms with Crippen LogP contribution >= 0.6 is 0 Å². The van der Waals surface area contributed by atoms with Gasteiger partial charge in [0.1, 0.15) is 0 Å². The fourth-order valence-electron chi connectivity index (χ4n) is 3.80. The number of carboxylic acid groups (broad SMARTS) is 1. The predicted molar refractivity (Wildman–Crippen MR) is 110 cm³/mol. The zero-order chi connectivity index (χ0) is 21.7. The van der Waals surface area contributed by atoms with Gasteiger partial charge >= 0.3 is 5.97 Å². The van der Waals surface area contributed by atoms with Crippen molar-refractivity contribution in [2.75, 3.05) is 38.8 Å². The standard InChI is InChI=1S/C21H32N2O6/c1-13(2)10-16(19(24)21(26)27)20(25)23-9-8-22(12-14(23)3)15-6-7-17(28-4)18(11-15)29-5/h6-7,11,13-14,16,19,24H,8-10,12H2,1-5H3,(H,26,27)/t14-,16+,19+/m1/s1. The molecule has 1 aliphatic rings. The number of carbonyl (C=O) groups is 2. The van der Waals surface area contributed by atoms with E-state index in [1.165, 1.54) is 0 Å². The van der Waals surface area contributed by atoms with Crippen molar-refractivity contribution in [2.45, 2.75) is 39.3 Å². The molecule has 1 amide bonds. The third-order valence-electron chi connectivity index (χ3n) is 5.32. The number of ether oxygens (including phenoxy) is 2. The van der Waals surface area contributed by atoms with Crippen LogP contribution in [0, 0.1) is 11.8 Å². The molecule has 2 N–H and O–H groups in total. The maximum absolute atomic E-state index is 13.1. The highest BCUT2D eigenvalue weighted by Crippen LogP contribution is 2.32. The number of piperazine rings is 1. The summed E-state index contributed by atoms with van der Waals surface area (Å²) in [7, 11) is 3.17. The van der Waals surface area contributed by atoms with Crippen LogP contribution in [0.5, 0.6) is 11.5 Å². The van der Waals surface area contributed by atoms with E-state index >= 15 is 0 Å². The molecular weight excluding hydrogens is 376 g/mol. The van der Waals surface area contributed by atoms with Crippen molar-refractivity contribution in [3.63, 3.8) is 0 Å². The van der Waals surface area contributed by atoms with Crippen molar-refractivity contribution < 1.29 is 29.3 Å². The molecule has 0 radical (unpaired) electrons. The highest BCUT2D eigenvalue weighted by atomic mass is 16.5. The van der Waals surface area contributed by atoms with Crippen LogP contribution in [-0.2, 0) is 9.59 Å². The lowest BCUT2D eigenvalue weighted by Crippen LogP contribution is -2.57. The van der Waals surface area contributed by atoms with Crippen LogP contribution in [0.2, 0.25) is 0 Å². The highest BCUT2D eigenvalue weighted by molar-refractivity contribution is 5.86. The lowest BCUT2D eigenvalue weighted by Gasteiger charge is -2.42. The molecule has 1 saturated heterocycles. The predicted octanol–water partition coefficient (Wildman–Crippen LogP) is 1.85. The summed E-state index contributed by atoms with van der Waals surface area (Å²) in [5.41, 5.74) is 0.964. The fourth-order valence-corrected chi connectivity index (χ4v) is 3.80. The Morgan fingerprint density at radius 3 is 2.34 bits per heavy atom. The summed E-state index contributed by atoms with van der Waals surface area (Å²) in [6, 6.07) is 5.57. The van der Waals surface area contributed by atoms with Crippen LogP contribution in [0.25, 0.3) is 0 Å². The van der Waals surface area contributed by atoms with E-state index in [0.717, 1.165) is 5.69 Å². The average molecular weight is 408 g/mol. The van der Waals surface area contributed by atoms with E-state index in [2.05, 4.69) is 4.90 Å². The number of carbonyl (C=O) groups excluding carboxylic acids is 1. The zero-order valence-electron chi connectivity index (χ0n) is 17.8. The maximum atomic E-state index is 13.1. The van der Waals surface area contributed by atoms with Crippen LogP contribution in [0.1, 0.15) is 27.2 Å². The summed E-state index contributed by atoms with van der Waals surface area (Å²) >= 11 is 0. The Balaban J connectivity index is 2.14. The summed E-state index contributed by atoms with van der Waals surface area (Å²) in [5.74, 6) is -1.22. The molecule has 8 nitrogen and oxygen atoms in total. The number of aliphatic hydroxyl groups is 1. The molecule has 1 aromatic carbocycles. The maximum Gasteiger partial charge on any atom is 0.333 e. The van der Waals surface area contributed by atoms with E-state index in [1.54, 1.807) is 19.1 Å². The lowest BCUT2D eigenvalue weighted by atomic mass is 9.90. The third kappa shape index (κ3) is 5.32. The fraction of sp³-hybridized carbons (Fsp3) is 0.619. The van der Waals surface area contributed by atoms with Crippen LogP contribution < -0.4 is 14.4 Å². The minimum absolute atomic E-state index is 0.0984. The molecular formula is C21H32N2O6. The quantitative estimate of drug-likeness (QED) is 0.677. The summed E-state index contributed by atoms with van der Waals surface area (Å²) in [4.78, 5) is 28.2. The number of aliphatic hydroxyl groups excluding tert-OH is 1. The van der Waals surface area contributed by atoms with E-state index in [4.69, 9.17) is 9.47 Å². The first kappa shape index (κ1) is 22.8.